The molecule has 3 aromatic carbocycles. The molecule has 5 rings (SSSR count). The van der Waals surface area contributed by atoms with Crippen molar-refractivity contribution in [3.05, 3.63) is 72.3 Å². The van der Waals surface area contributed by atoms with Crippen molar-refractivity contribution in [3.8, 4) is 17.1 Å². The molecule has 0 atom stereocenters. The Bertz CT molecular complexity index is 1630. The zero-order valence-electron chi connectivity index (χ0n) is 21.8. The maximum atomic E-state index is 12.6. The molecular formula is C28H26N6O3S3. The SMILES string of the molecule is CCc1ccc(NC(=O)CSc2nc3ccc(NC(=O)CSc4n[nH]c(-c5ccccc5OC)n4)cc3s2)cc1. The number of aromatic nitrogens is 4. The summed E-state index contributed by atoms with van der Waals surface area (Å²) in [6.07, 6.45) is 0.959. The van der Waals surface area contributed by atoms with Crippen LogP contribution in [0.5, 0.6) is 5.75 Å². The molecule has 0 aliphatic carbocycles. The van der Waals surface area contributed by atoms with Crippen molar-refractivity contribution in [1.82, 2.24) is 20.2 Å². The number of aryl methyl sites for hydroxylation is 1. The first-order valence-corrected chi connectivity index (χ1v) is 15.2. The summed E-state index contributed by atoms with van der Waals surface area (Å²) in [5, 5.41) is 13.4. The van der Waals surface area contributed by atoms with Crippen molar-refractivity contribution in [2.45, 2.75) is 22.8 Å². The van der Waals surface area contributed by atoms with Crippen LogP contribution in [0.25, 0.3) is 21.6 Å². The second-order valence-electron chi connectivity index (χ2n) is 8.55. The standard InChI is InChI=1S/C28H26N6O3S3/c1-3-17-8-10-18(11-9-17)29-25(36)16-39-28-31-21-13-12-19(14-23(21)40-28)30-24(35)15-38-27-32-26(33-34-27)20-6-4-5-7-22(20)37-2/h4-14H,3,15-16H2,1-2H3,(H,29,36)(H,30,35)(H,32,33,34). The van der Waals surface area contributed by atoms with Crippen molar-refractivity contribution in [2.24, 2.45) is 0 Å². The third-order valence-electron chi connectivity index (χ3n) is 5.78. The molecule has 5 aromatic rings. The lowest BCUT2D eigenvalue weighted by Gasteiger charge is -2.05. The number of hydrogen-bond donors (Lipinski definition) is 3. The highest BCUT2D eigenvalue weighted by Gasteiger charge is 2.13. The van der Waals surface area contributed by atoms with E-state index in [2.05, 4.69) is 37.7 Å². The van der Waals surface area contributed by atoms with Crippen molar-refractivity contribution in [2.75, 3.05) is 29.2 Å². The first-order chi connectivity index (χ1) is 19.5. The molecule has 0 saturated carbocycles. The second-order valence-corrected chi connectivity index (χ2v) is 11.7. The van der Waals surface area contributed by atoms with Crippen LogP contribution < -0.4 is 15.4 Å². The van der Waals surface area contributed by atoms with Gasteiger partial charge in [0.15, 0.2) is 10.2 Å². The number of rotatable bonds is 11. The molecule has 2 heterocycles. The van der Waals surface area contributed by atoms with Gasteiger partial charge in [0, 0.05) is 11.4 Å². The predicted molar refractivity (Wildman–Crippen MR) is 163 cm³/mol. The maximum Gasteiger partial charge on any atom is 0.234 e. The number of nitrogens with one attached hydrogen (secondary N) is 3. The van der Waals surface area contributed by atoms with Crippen LogP contribution >= 0.6 is 34.9 Å². The summed E-state index contributed by atoms with van der Waals surface area (Å²) in [5.41, 5.74) is 4.30. The first-order valence-electron chi connectivity index (χ1n) is 12.4. The summed E-state index contributed by atoms with van der Waals surface area (Å²) in [4.78, 5) is 34.0. The molecule has 0 aliphatic heterocycles. The van der Waals surface area contributed by atoms with Crippen molar-refractivity contribution in [1.29, 1.82) is 0 Å². The zero-order chi connectivity index (χ0) is 27.9. The highest BCUT2D eigenvalue weighted by atomic mass is 32.2. The van der Waals surface area contributed by atoms with Crippen LogP contribution in [0.3, 0.4) is 0 Å². The highest BCUT2D eigenvalue weighted by Crippen LogP contribution is 2.32. The van der Waals surface area contributed by atoms with Crippen LogP contribution in [0.1, 0.15) is 12.5 Å². The lowest BCUT2D eigenvalue weighted by molar-refractivity contribution is -0.114. The quantitative estimate of drug-likeness (QED) is 0.158. The average molecular weight is 591 g/mol. The molecule has 12 heteroatoms. The number of hydrogen-bond acceptors (Lipinski definition) is 9. The fraction of sp³-hybridized carbons (Fsp3) is 0.179. The van der Waals surface area contributed by atoms with Gasteiger partial charge < -0.3 is 15.4 Å². The van der Waals surface area contributed by atoms with E-state index in [4.69, 9.17) is 4.74 Å². The number of fused-ring (bicyclic) bond motifs is 1. The van der Waals surface area contributed by atoms with Crippen molar-refractivity contribution < 1.29 is 14.3 Å². The summed E-state index contributed by atoms with van der Waals surface area (Å²) < 4.78 is 7.10. The average Bonchev–Trinajstić information content (AvgIpc) is 3.62. The van der Waals surface area contributed by atoms with Gasteiger partial charge in [-0.05, 0) is 54.4 Å². The van der Waals surface area contributed by atoms with Crippen LogP contribution in [0.4, 0.5) is 11.4 Å². The third kappa shape index (κ3) is 7.00. The van der Waals surface area contributed by atoms with Crippen LogP contribution in [-0.2, 0) is 16.0 Å². The number of H-pyrrole nitrogens is 1. The Kier molecular flexibility index (Phi) is 8.99. The lowest BCUT2D eigenvalue weighted by atomic mass is 10.1. The van der Waals surface area contributed by atoms with Crippen LogP contribution in [0, 0.1) is 0 Å². The Morgan fingerprint density at radius 1 is 0.925 bits per heavy atom. The molecular weight excluding hydrogens is 565 g/mol. The molecule has 40 heavy (non-hydrogen) atoms. The van der Waals surface area contributed by atoms with Crippen LogP contribution in [0.15, 0.2) is 76.2 Å². The number of carbonyl (C=O) groups excluding carboxylic acids is 2. The number of para-hydroxylation sites is 1. The fourth-order valence-electron chi connectivity index (χ4n) is 3.79. The number of benzene rings is 3. The van der Waals surface area contributed by atoms with E-state index in [0.29, 0.717) is 22.4 Å². The number of carbonyl (C=O) groups is 2. The van der Waals surface area contributed by atoms with Crippen molar-refractivity contribution >= 4 is 68.3 Å². The van der Waals surface area contributed by atoms with Crippen LogP contribution in [0.2, 0.25) is 0 Å². The third-order valence-corrected chi connectivity index (χ3v) is 8.79. The number of aromatic amines is 1. The van der Waals surface area contributed by atoms with Gasteiger partial charge in [-0.25, -0.2) is 9.97 Å². The minimum atomic E-state index is -0.171. The summed E-state index contributed by atoms with van der Waals surface area (Å²) in [6, 6.07) is 20.9. The topological polar surface area (TPSA) is 122 Å². The van der Waals surface area contributed by atoms with E-state index in [-0.39, 0.29) is 23.3 Å². The van der Waals surface area contributed by atoms with E-state index in [0.717, 1.165) is 32.2 Å². The van der Waals surface area contributed by atoms with Gasteiger partial charge in [-0.3, -0.25) is 14.7 Å². The molecule has 9 nitrogen and oxygen atoms in total. The molecule has 0 spiro atoms. The van der Waals surface area contributed by atoms with Crippen molar-refractivity contribution in [3.63, 3.8) is 0 Å². The minimum absolute atomic E-state index is 0.0830. The van der Waals surface area contributed by atoms with Gasteiger partial charge in [-0.1, -0.05) is 54.7 Å². The summed E-state index contributed by atoms with van der Waals surface area (Å²) in [7, 11) is 1.60. The van der Waals surface area contributed by atoms with Gasteiger partial charge in [0.2, 0.25) is 17.0 Å². The fourth-order valence-corrected chi connectivity index (χ4v) is 6.30. The molecule has 0 unspecified atom stereocenters. The highest BCUT2D eigenvalue weighted by molar-refractivity contribution is 8.01. The number of anilines is 2. The number of methoxy groups -OCH3 is 1. The van der Waals surface area contributed by atoms with Gasteiger partial charge in [0.05, 0.1) is 34.4 Å². The van der Waals surface area contributed by atoms with E-state index in [1.54, 1.807) is 7.11 Å². The summed E-state index contributed by atoms with van der Waals surface area (Å²) >= 11 is 4.11. The molecule has 0 radical (unpaired) electrons. The molecule has 0 aliphatic rings. The number of amides is 2. The Morgan fingerprint density at radius 2 is 1.65 bits per heavy atom. The van der Waals surface area contributed by atoms with E-state index < -0.39 is 0 Å². The van der Waals surface area contributed by atoms with Crippen LogP contribution in [-0.4, -0.2) is 50.6 Å². The summed E-state index contributed by atoms with van der Waals surface area (Å²) in [6.45, 7) is 2.10. The van der Waals surface area contributed by atoms with Gasteiger partial charge in [-0.15, -0.1) is 16.4 Å². The maximum absolute atomic E-state index is 12.6. The monoisotopic (exact) mass is 590 g/mol. The molecule has 2 aromatic heterocycles. The van der Waals surface area contributed by atoms with E-state index >= 15 is 0 Å². The Labute approximate surface area is 243 Å². The van der Waals surface area contributed by atoms with Gasteiger partial charge >= 0.3 is 0 Å². The lowest BCUT2D eigenvalue weighted by Crippen LogP contribution is -2.14. The number of thioether (sulfide) groups is 2. The number of nitrogens with zero attached hydrogens (tertiary/aromatic N) is 3. The zero-order valence-corrected chi connectivity index (χ0v) is 24.2. The molecule has 204 valence electrons. The van der Waals surface area contributed by atoms with E-state index in [1.165, 1.54) is 40.4 Å². The Hall–Kier alpha value is -3.87. The minimum Gasteiger partial charge on any atom is -0.496 e. The molecule has 3 N–H and O–H groups in total. The normalized spacial score (nSPS) is 10.9. The largest absolute Gasteiger partial charge is 0.496 e. The Morgan fingerprint density at radius 3 is 2.42 bits per heavy atom. The Balaban J connectivity index is 1.12. The molecule has 0 bridgehead atoms. The van der Waals surface area contributed by atoms with Gasteiger partial charge in [-0.2, -0.15) is 0 Å². The number of thiazole rings is 1. The van der Waals surface area contributed by atoms with E-state index in [1.807, 2.05) is 66.7 Å². The molecule has 0 saturated heterocycles. The number of ether oxygens (including phenoxy) is 1. The van der Waals surface area contributed by atoms with Gasteiger partial charge in [0.25, 0.3) is 0 Å². The van der Waals surface area contributed by atoms with E-state index in [9.17, 15) is 9.59 Å². The smallest absolute Gasteiger partial charge is 0.234 e. The molecule has 0 fully saturated rings. The summed E-state index contributed by atoms with van der Waals surface area (Å²) in [5.74, 6) is 1.43. The van der Waals surface area contributed by atoms with Gasteiger partial charge in [0.1, 0.15) is 5.75 Å². The first kappa shape index (κ1) is 27.7. The predicted octanol–water partition coefficient (Wildman–Crippen LogP) is 6.11. The molecule has 2 amide bonds. The second kappa shape index (κ2) is 13.0.